The van der Waals surface area contributed by atoms with E-state index in [4.69, 9.17) is 9.40 Å². The van der Waals surface area contributed by atoms with Crippen molar-refractivity contribution in [3.8, 4) is 28.3 Å². The number of benzene rings is 9. The maximum absolute atomic E-state index is 6.27. The van der Waals surface area contributed by atoms with E-state index in [2.05, 4.69) is 173 Å². The Hall–Kier alpha value is -7.43. The van der Waals surface area contributed by atoms with E-state index in [-0.39, 0.29) is 0 Å². The molecule has 0 atom stereocenters. The van der Waals surface area contributed by atoms with Crippen LogP contribution in [0.2, 0.25) is 0 Å². The molecule has 0 aliphatic carbocycles. The average molecular weight is 704 g/mol. The number of oxazole rings is 1. The first-order valence-electron chi connectivity index (χ1n) is 18.6. The van der Waals surface area contributed by atoms with Crippen molar-refractivity contribution < 1.29 is 4.42 Å². The predicted octanol–water partition coefficient (Wildman–Crippen LogP) is 14.0. The number of para-hydroxylation sites is 3. The van der Waals surface area contributed by atoms with Gasteiger partial charge in [0.25, 0.3) is 0 Å². The Morgan fingerprint density at radius 2 is 1.04 bits per heavy atom. The second kappa shape index (κ2) is 12.6. The molecule has 9 aromatic carbocycles. The zero-order valence-electron chi connectivity index (χ0n) is 29.8. The quantitative estimate of drug-likeness (QED) is 0.162. The molecule has 0 aliphatic heterocycles. The highest BCUT2D eigenvalue weighted by molar-refractivity contribution is 6.19. The Balaban J connectivity index is 1.00. The van der Waals surface area contributed by atoms with Crippen LogP contribution in [0.15, 0.2) is 205 Å². The Kier molecular flexibility index (Phi) is 7.14. The molecule has 4 heteroatoms. The van der Waals surface area contributed by atoms with Crippen molar-refractivity contribution in [1.82, 2.24) is 9.55 Å². The number of aromatic nitrogens is 2. The second-order valence-corrected chi connectivity index (χ2v) is 14.0. The van der Waals surface area contributed by atoms with Gasteiger partial charge in [-0.25, -0.2) is 4.98 Å². The average Bonchev–Trinajstić information content (AvgIpc) is 3.84. The molecule has 0 N–H and O–H groups in total. The van der Waals surface area contributed by atoms with Gasteiger partial charge in [0.1, 0.15) is 5.52 Å². The topological polar surface area (TPSA) is 34.2 Å². The van der Waals surface area contributed by atoms with Crippen LogP contribution >= 0.6 is 0 Å². The molecule has 0 saturated heterocycles. The molecule has 2 aromatic heterocycles. The lowest BCUT2D eigenvalue weighted by atomic mass is 10.0. The van der Waals surface area contributed by atoms with Gasteiger partial charge in [-0.1, -0.05) is 115 Å². The van der Waals surface area contributed by atoms with Crippen LogP contribution in [0.25, 0.3) is 82.7 Å². The number of hydrogen-bond acceptors (Lipinski definition) is 3. The molecular formula is C51H33N3O. The summed E-state index contributed by atoms with van der Waals surface area (Å²) in [5.41, 5.74) is 11.9. The van der Waals surface area contributed by atoms with Crippen LogP contribution in [0.1, 0.15) is 0 Å². The zero-order valence-corrected chi connectivity index (χ0v) is 29.8. The van der Waals surface area contributed by atoms with Crippen LogP contribution in [-0.4, -0.2) is 9.55 Å². The van der Waals surface area contributed by atoms with Crippen molar-refractivity contribution in [3.63, 3.8) is 0 Å². The molecule has 0 unspecified atom stereocenters. The lowest BCUT2D eigenvalue weighted by molar-refractivity contribution is 0.620. The molecule has 55 heavy (non-hydrogen) atoms. The van der Waals surface area contributed by atoms with Gasteiger partial charge in [0.15, 0.2) is 5.58 Å². The second-order valence-electron chi connectivity index (χ2n) is 14.0. The van der Waals surface area contributed by atoms with E-state index in [1.165, 1.54) is 32.9 Å². The maximum Gasteiger partial charge on any atom is 0.227 e. The fourth-order valence-electron chi connectivity index (χ4n) is 8.20. The molecule has 0 aliphatic rings. The predicted molar refractivity (Wildman–Crippen MR) is 229 cm³/mol. The maximum atomic E-state index is 6.27. The zero-order chi connectivity index (χ0) is 36.3. The molecule has 258 valence electrons. The molecule has 0 radical (unpaired) electrons. The van der Waals surface area contributed by atoms with Gasteiger partial charge in [-0.05, 0) is 112 Å². The van der Waals surface area contributed by atoms with E-state index in [9.17, 15) is 0 Å². The van der Waals surface area contributed by atoms with E-state index in [0.29, 0.717) is 5.89 Å². The monoisotopic (exact) mass is 703 g/mol. The molecule has 0 amide bonds. The third-order valence-corrected chi connectivity index (χ3v) is 10.8. The van der Waals surface area contributed by atoms with Gasteiger partial charge in [-0.2, -0.15) is 0 Å². The van der Waals surface area contributed by atoms with Crippen molar-refractivity contribution in [3.05, 3.63) is 200 Å². The third kappa shape index (κ3) is 5.19. The van der Waals surface area contributed by atoms with Crippen molar-refractivity contribution in [2.45, 2.75) is 0 Å². The van der Waals surface area contributed by atoms with Crippen molar-refractivity contribution >= 4 is 71.5 Å². The van der Waals surface area contributed by atoms with Gasteiger partial charge >= 0.3 is 0 Å². The molecule has 0 fully saturated rings. The number of nitrogens with zero attached hydrogens (tertiary/aromatic N) is 3. The Morgan fingerprint density at radius 1 is 0.418 bits per heavy atom. The minimum absolute atomic E-state index is 0.638. The molecule has 11 rings (SSSR count). The lowest BCUT2D eigenvalue weighted by Gasteiger charge is -2.25. The number of rotatable bonds is 6. The van der Waals surface area contributed by atoms with Gasteiger partial charge in [0.05, 0.1) is 11.0 Å². The fraction of sp³-hybridized carbons (Fsp3) is 0. The van der Waals surface area contributed by atoms with Crippen LogP contribution < -0.4 is 4.90 Å². The van der Waals surface area contributed by atoms with Crippen LogP contribution in [0.3, 0.4) is 0 Å². The summed E-state index contributed by atoms with van der Waals surface area (Å²) >= 11 is 0. The molecule has 4 nitrogen and oxygen atoms in total. The standard InChI is InChI=1S/C51H33N3O/c1-4-12-36(13-5-1)51-52-50-48(55-51)31-25-35-20-21-38-32-42(28-29-43(38)49(35)50)54-46-19-11-10-18-44(46)45-33-37(24-30-47(45)54)34-22-26-41(27-23-34)53(39-14-6-2-7-15-39)40-16-8-3-9-17-40/h1-33H. The highest BCUT2D eigenvalue weighted by Crippen LogP contribution is 2.40. The summed E-state index contributed by atoms with van der Waals surface area (Å²) in [6, 6.07) is 71.0. The highest BCUT2D eigenvalue weighted by atomic mass is 16.3. The van der Waals surface area contributed by atoms with Crippen molar-refractivity contribution in [2.75, 3.05) is 4.90 Å². The third-order valence-electron chi connectivity index (χ3n) is 10.8. The van der Waals surface area contributed by atoms with Gasteiger partial charge in [0.2, 0.25) is 5.89 Å². The number of fused-ring (bicyclic) bond motifs is 8. The summed E-state index contributed by atoms with van der Waals surface area (Å²) in [7, 11) is 0. The molecule has 0 spiro atoms. The fourth-order valence-corrected chi connectivity index (χ4v) is 8.20. The molecule has 2 heterocycles. The molecule has 11 aromatic rings. The number of hydrogen-bond donors (Lipinski definition) is 0. The van der Waals surface area contributed by atoms with Crippen LogP contribution in [0, 0.1) is 0 Å². The summed E-state index contributed by atoms with van der Waals surface area (Å²) < 4.78 is 8.66. The van der Waals surface area contributed by atoms with Crippen LogP contribution in [0.4, 0.5) is 17.1 Å². The Labute approximate surface area is 317 Å². The largest absolute Gasteiger partial charge is 0.436 e. The minimum atomic E-state index is 0.638. The Morgan fingerprint density at radius 3 is 1.80 bits per heavy atom. The van der Waals surface area contributed by atoms with Gasteiger partial charge in [0, 0.05) is 44.5 Å². The van der Waals surface area contributed by atoms with E-state index < -0.39 is 0 Å². The Bertz CT molecular complexity index is 3140. The first kappa shape index (κ1) is 31.1. The van der Waals surface area contributed by atoms with E-state index >= 15 is 0 Å². The normalized spacial score (nSPS) is 11.6. The molecular weight excluding hydrogens is 671 g/mol. The van der Waals surface area contributed by atoms with Gasteiger partial charge in [-0.15, -0.1) is 0 Å². The van der Waals surface area contributed by atoms with E-state index in [1.54, 1.807) is 0 Å². The smallest absolute Gasteiger partial charge is 0.227 e. The van der Waals surface area contributed by atoms with Gasteiger partial charge in [-0.3, -0.25) is 0 Å². The summed E-state index contributed by atoms with van der Waals surface area (Å²) in [4.78, 5) is 7.31. The summed E-state index contributed by atoms with van der Waals surface area (Å²) in [6.07, 6.45) is 0. The summed E-state index contributed by atoms with van der Waals surface area (Å²) in [5.74, 6) is 0.638. The summed E-state index contributed by atoms with van der Waals surface area (Å²) in [5, 5.41) is 7.02. The first-order chi connectivity index (χ1) is 27.3. The van der Waals surface area contributed by atoms with Crippen molar-refractivity contribution in [2.24, 2.45) is 0 Å². The van der Waals surface area contributed by atoms with E-state index in [0.717, 1.165) is 61.0 Å². The van der Waals surface area contributed by atoms with Crippen molar-refractivity contribution in [1.29, 1.82) is 0 Å². The van der Waals surface area contributed by atoms with Crippen LogP contribution in [0.5, 0.6) is 0 Å². The first-order valence-corrected chi connectivity index (χ1v) is 18.6. The SMILES string of the molecule is c1ccc(-c2nc3c(ccc4ccc5cc(-n6c7ccccc7c7cc(-c8ccc(N(c9ccccc9)c9ccccc9)cc8)ccc76)ccc5c43)o2)cc1. The van der Waals surface area contributed by atoms with E-state index in [1.807, 2.05) is 36.4 Å². The van der Waals surface area contributed by atoms with Gasteiger partial charge < -0.3 is 13.9 Å². The van der Waals surface area contributed by atoms with Crippen LogP contribution in [-0.2, 0) is 0 Å². The summed E-state index contributed by atoms with van der Waals surface area (Å²) in [6.45, 7) is 0. The highest BCUT2D eigenvalue weighted by Gasteiger charge is 2.17. The molecule has 0 saturated carbocycles. The number of anilines is 3. The minimum Gasteiger partial charge on any atom is -0.436 e. The lowest BCUT2D eigenvalue weighted by Crippen LogP contribution is -2.09. The molecule has 0 bridgehead atoms.